The minimum atomic E-state index is -0.694. The van der Waals surface area contributed by atoms with Crippen molar-refractivity contribution in [1.82, 2.24) is 9.55 Å². The van der Waals surface area contributed by atoms with Crippen LogP contribution in [-0.4, -0.2) is 29.2 Å². The van der Waals surface area contributed by atoms with Gasteiger partial charge in [0.05, 0.1) is 35.6 Å². The Kier molecular flexibility index (Phi) is 6.05. The van der Waals surface area contributed by atoms with Crippen molar-refractivity contribution in [2.45, 2.75) is 19.9 Å². The summed E-state index contributed by atoms with van der Waals surface area (Å²) in [6, 6.07) is 14.6. The zero-order valence-electron chi connectivity index (χ0n) is 19.5. The molecule has 0 aliphatic carbocycles. The summed E-state index contributed by atoms with van der Waals surface area (Å²) < 4.78 is 13.0. The summed E-state index contributed by atoms with van der Waals surface area (Å²) in [4.78, 5) is 36.2. The van der Waals surface area contributed by atoms with E-state index in [0.29, 0.717) is 26.4 Å². The smallest absolute Gasteiger partial charge is 0.338 e. The highest BCUT2D eigenvalue weighted by atomic mass is 32.1. The SMILES string of the molecule is CCOC(=O)C1=C(C)N=c2s/c(=C\c3ccncc3)c(=O)n2[C@@H]1c1cccc2ccc(OC)cc12. The minimum absolute atomic E-state index is 0.218. The molecule has 2 aromatic carbocycles. The van der Waals surface area contributed by atoms with Gasteiger partial charge in [-0.1, -0.05) is 35.6 Å². The number of methoxy groups -OCH3 is 1. The van der Waals surface area contributed by atoms with Gasteiger partial charge in [0, 0.05) is 12.4 Å². The Hall–Kier alpha value is -4.04. The van der Waals surface area contributed by atoms with Crippen LogP contribution in [-0.2, 0) is 9.53 Å². The third-order valence-electron chi connectivity index (χ3n) is 5.94. The number of thiazole rings is 1. The van der Waals surface area contributed by atoms with Crippen LogP contribution in [0.5, 0.6) is 5.75 Å². The Morgan fingerprint density at radius 3 is 2.71 bits per heavy atom. The highest BCUT2D eigenvalue weighted by Gasteiger charge is 2.34. The molecule has 4 aromatic rings. The lowest BCUT2D eigenvalue weighted by molar-refractivity contribution is -0.139. The molecule has 2 aromatic heterocycles. The first-order chi connectivity index (χ1) is 17.0. The quantitative estimate of drug-likeness (QED) is 0.405. The third kappa shape index (κ3) is 4.06. The molecule has 0 N–H and O–H groups in total. The van der Waals surface area contributed by atoms with Crippen molar-refractivity contribution in [2.75, 3.05) is 13.7 Å². The van der Waals surface area contributed by atoms with E-state index in [2.05, 4.69) is 9.98 Å². The molecule has 176 valence electrons. The second-order valence-corrected chi connectivity index (χ2v) is 9.03. The normalized spacial score (nSPS) is 15.6. The van der Waals surface area contributed by atoms with E-state index in [9.17, 15) is 9.59 Å². The predicted molar refractivity (Wildman–Crippen MR) is 135 cm³/mol. The molecule has 0 unspecified atom stereocenters. The number of benzene rings is 2. The fourth-order valence-electron chi connectivity index (χ4n) is 4.34. The van der Waals surface area contributed by atoms with Gasteiger partial charge in [-0.15, -0.1) is 0 Å². The van der Waals surface area contributed by atoms with Crippen LogP contribution < -0.4 is 19.6 Å². The number of ether oxygens (including phenoxy) is 2. The molecule has 0 saturated heterocycles. The number of rotatable bonds is 5. The van der Waals surface area contributed by atoms with Crippen LogP contribution in [0.15, 0.2) is 82.0 Å². The van der Waals surface area contributed by atoms with Gasteiger partial charge in [-0.05, 0) is 66.1 Å². The van der Waals surface area contributed by atoms with E-state index in [4.69, 9.17) is 9.47 Å². The second kappa shape index (κ2) is 9.31. The second-order valence-electron chi connectivity index (χ2n) is 8.02. The molecule has 5 rings (SSSR count). The van der Waals surface area contributed by atoms with Gasteiger partial charge in [0.25, 0.3) is 5.56 Å². The maximum absolute atomic E-state index is 13.8. The third-order valence-corrected chi connectivity index (χ3v) is 6.92. The maximum atomic E-state index is 13.8. The van der Waals surface area contributed by atoms with Crippen LogP contribution in [0.2, 0.25) is 0 Å². The van der Waals surface area contributed by atoms with Crippen molar-refractivity contribution >= 4 is 34.2 Å². The van der Waals surface area contributed by atoms with Gasteiger partial charge >= 0.3 is 5.97 Å². The Morgan fingerprint density at radius 2 is 1.97 bits per heavy atom. The fourth-order valence-corrected chi connectivity index (χ4v) is 5.38. The highest BCUT2D eigenvalue weighted by molar-refractivity contribution is 7.07. The standard InChI is InChI=1S/C27H23N3O4S/c1-4-34-26(32)23-16(2)29-27-30(25(31)22(35-27)14-17-10-12-28-13-11-17)24(23)20-7-5-6-18-8-9-19(33-3)15-21(18)20/h5-15,24H,4H2,1-3H3/b22-14-/t24-/m1/s1. The van der Waals surface area contributed by atoms with Gasteiger partial charge < -0.3 is 9.47 Å². The first-order valence-electron chi connectivity index (χ1n) is 11.2. The summed E-state index contributed by atoms with van der Waals surface area (Å²) in [6.07, 6.45) is 5.18. The number of esters is 1. The van der Waals surface area contributed by atoms with Crippen molar-refractivity contribution in [3.05, 3.63) is 103 Å². The van der Waals surface area contributed by atoms with Crippen molar-refractivity contribution in [3.63, 3.8) is 0 Å². The number of aromatic nitrogens is 2. The Labute approximate surface area is 205 Å². The molecule has 1 aliphatic heterocycles. The summed E-state index contributed by atoms with van der Waals surface area (Å²) in [6.45, 7) is 3.76. The molecule has 7 nitrogen and oxygen atoms in total. The van der Waals surface area contributed by atoms with E-state index in [0.717, 1.165) is 21.9 Å². The highest BCUT2D eigenvalue weighted by Crippen LogP contribution is 2.36. The number of pyridine rings is 1. The van der Waals surface area contributed by atoms with Gasteiger partial charge in [0.1, 0.15) is 5.75 Å². The van der Waals surface area contributed by atoms with Crippen LogP contribution in [0.25, 0.3) is 16.8 Å². The zero-order valence-corrected chi connectivity index (χ0v) is 20.3. The van der Waals surface area contributed by atoms with E-state index >= 15 is 0 Å². The molecule has 3 heterocycles. The number of fused-ring (bicyclic) bond motifs is 2. The molecule has 0 radical (unpaired) electrons. The average Bonchev–Trinajstić information content (AvgIpc) is 3.17. The number of carbonyl (C=O) groups excluding carboxylic acids is 1. The van der Waals surface area contributed by atoms with Gasteiger partial charge in [-0.2, -0.15) is 0 Å². The van der Waals surface area contributed by atoms with E-state index in [1.807, 2.05) is 54.6 Å². The maximum Gasteiger partial charge on any atom is 0.338 e. The summed E-state index contributed by atoms with van der Waals surface area (Å²) in [7, 11) is 1.61. The number of carbonyl (C=O) groups is 1. The van der Waals surface area contributed by atoms with Crippen LogP contribution in [0.3, 0.4) is 0 Å². The largest absolute Gasteiger partial charge is 0.497 e. The zero-order chi connectivity index (χ0) is 24.5. The van der Waals surface area contributed by atoms with E-state index in [-0.39, 0.29) is 12.2 Å². The number of allylic oxidation sites excluding steroid dienone is 1. The van der Waals surface area contributed by atoms with Gasteiger partial charge in [0.2, 0.25) is 0 Å². The summed E-state index contributed by atoms with van der Waals surface area (Å²) in [5, 5.41) is 1.86. The molecular weight excluding hydrogens is 462 g/mol. The van der Waals surface area contributed by atoms with Crippen molar-refractivity contribution in [1.29, 1.82) is 0 Å². The van der Waals surface area contributed by atoms with E-state index in [1.54, 1.807) is 37.9 Å². The van der Waals surface area contributed by atoms with Gasteiger partial charge in [-0.25, -0.2) is 9.79 Å². The van der Waals surface area contributed by atoms with Crippen molar-refractivity contribution in [3.8, 4) is 5.75 Å². The summed E-state index contributed by atoms with van der Waals surface area (Å²) >= 11 is 1.30. The number of nitrogens with zero attached hydrogens (tertiary/aromatic N) is 3. The van der Waals surface area contributed by atoms with Crippen molar-refractivity contribution < 1.29 is 14.3 Å². The van der Waals surface area contributed by atoms with Crippen LogP contribution >= 0.6 is 11.3 Å². The summed E-state index contributed by atoms with van der Waals surface area (Å²) in [5.41, 5.74) is 2.33. The lowest BCUT2D eigenvalue weighted by atomic mass is 9.91. The molecule has 0 spiro atoms. The summed E-state index contributed by atoms with van der Waals surface area (Å²) in [5.74, 6) is 0.204. The average molecular weight is 486 g/mol. The van der Waals surface area contributed by atoms with Gasteiger partial charge in [-0.3, -0.25) is 14.3 Å². The van der Waals surface area contributed by atoms with Crippen LogP contribution in [0.1, 0.15) is 31.0 Å². The first kappa shape index (κ1) is 22.7. The minimum Gasteiger partial charge on any atom is -0.497 e. The van der Waals surface area contributed by atoms with Gasteiger partial charge in [0.15, 0.2) is 4.80 Å². The molecule has 1 aliphatic rings. The molecule has 0 saturated carbocycles. The van der Waals surface area contributed by atoms with Crippen molar-refractivity contribution in [2.24, 2.45) is 4.99 Å². The van der Waals surface area contributed by atoms with E-state index < -0.39 is 12.0 Å². The molecule has 0 fully saturated rings. The lowest BCUT2D eigenvalue weighted by Gasteiger charge is -2.26. The monoisotopic (exact) mass is 485 g/mol. The van der Waals surface area contributed by atoms with E-state index in [1.165, 1.54) is 11.3 Å². The Morgan fingerprint density at radius 1 is 1.17 bits per heavy atom. The Bertz CT molecular complexity index is 1650. The molecule has 1 atom stereocenters. The molecule has 8 heteroatoms. The number of hydrogen-bond donors (Lipinski definition) is 0. The van der Waals surface area contributed by atoms with Crippen LogP contribution in [0, 0.1) is 0 Å². The number of hydrogen-bond acceptors (Lipinski definition) is 7. The molecule has 0 amide bonds. The Balaban J connectivity index is 1.82. The molecular formula is C27H23N3O4S. The first-order valence-corrected chi connectivity index (χ1v) is 12.0. The molecule has 0 bridgehead atoms. The molecule has 35 heavy (non-hydrogen) atoms. The topological polar surface area (TPSA) is 82.8 Å². The predicted octanol–water partition coefficient (Wildman–Crippen LogP) is 3.36. The fraction of sp³-hybridized carbons (Fsp3) is 0.185. The lowest BCUT2D eigenvalue weighted by Crippen LogP contribution is -2.40. The van der Waals surface area contributed by atoms with Crippen LogP contribution in [0.4, 0.5) is 0 Å².